The van der Waals surface area contributed by atoms with E-state index in [1.807, 2.05) is 0 Å². The van der Waals surface area contributed by atoms with Crippen molar-refractivity contribution < 1.29 is 0 Å². The Morgan fingerprint density at radius 2 is 0.672 bits per heavy atom. The first kappa shape index (κ1) is 36.3. The van der Waals surface area contributed by atoms with E-state index in [9.17, 15) is 0 Å². The predicted molar refractivity (Wildman–Crippen MR) is 268 cm³/mol. The van der Waals surface area contributed by atoms with Crippen molar-refractivity contribution in [2.75, 3.05) is 0 Å². The minimum atomic E-state index is 0.0888. The number of rotatable bonds is 6. The smallest absolute Gasteiger partial charge is 0.123 e. The van der Waals surface area contributed by atoms with Gasteiger partial charge in [0, 0.05) is 12.4 Å². The number of hydrogen-bond acceptors (Lipinski definition) is 4. The first-order valence-corrected chi connectivity index (χ1v) is 22.1. The van der Waals surface area contributed by atoms with Gasteiger partial charge in [-0.3, -0.25) is 0 Å². The Labute approximate surface area is 372 Å². The van der Waals surface area contributed by atoms with E-state index < -0.39 is 0 Å². The molecular formula is C60H42N4. The Balaban J connectivity index is 0.845. The van der Waals surface area contributed by atoms with Gasteiger partial charge in [-0.1, -0.05) is 170 Å². The van der Waals surface area contributed by atoms with Crippen molar-refractivity contribution in [1.29, 1.82) is 0 Å². The van der Waals surface area contributed by atoms with Crippen LogP contribution in [0.1, 0.15) is 22.3 Å². The van der Waals surface area contributed by atoms with E-state index in [1.165, 1.54) is 99.0 Å². The van der Waals surface area contributed by atoms with Gasteiger partial charge in [0.2, 0.25) is 0 Å². The standard InChI is InChI=1S/C60H42N4/c1-3-13-39(14-4-1)55-21-11-23-57-61-53(37-63(55)57)45-29-25-43-35-47(31-27-41(43)33-45)59-49-17-7-9-19-51(49)60(52-20-10-8-18-50(52)59)48-32-28-42-34-46(30-26-44(42)36-48)54-38-64-56(22-12-24-58(64)62-54)40-15-5-2-6-16-40/h1-38,57-58,61-62H. The molecule has 9 aromatic carbocycles. The molecule has 4 nitrogen and oxygen atoms in total. The summed E-state index contributed by atoms with van der Waals surface area (Å²) in [6.07, 6.45) is 17.8. The van der Waals surface area contributed by atoms with Gasteiger partial charge in [-0.25, -0.2) is 0 Å². The second-order valence-electron chi connectivity index (χ2n) is 17.1. The summed E-state index contributed by atoms with van der Waals surface area (Å²) < 4.78 is 0. The van der Waals surface area contributed by atoms with Gasteiger partial charge < -0.3 is 20.4 Å². The monoisotopic (exact) mass is 818 g/mol. The molecule has 2 unspecified atom stereocenters. The van der Waals surface area contributed by atoms with Gasteiger partial charge in [0.05, 0.1) is 22.8 Å². The van der Waals surface area contributed by atoms with Crippen molar-refractivity contribution in [3.8, 4) is 22.3 Å². The number of benzene rings is 9. The molecule has 13 rings (SSSR count). The molecule has 0 aliphatic carbocycles. The van der Waals surface area contributed by atoms with Crippen LogP contribution in [0.5, 0.6) is 0 Å². The highest BCUT2D eigenvalue weighted by molar-refractivity contribution is 6.22. The predicted octanol–water partition coefficient (Wildman–Crippen LogP) is 13.9. The number of allylic oxidation sites excluding steroid dienone is 4. The first-order valence-electron chi connectivity index (χ1n) is 22.1. The van der Waals surface area contributed by atoms with E-state index in [2.05, 4.69) is 251 Å². The van der Waals surface area contributed by atoms with E-state index in [1.54, 1.807) is 0 Å². The average Bonchev–Trinajstić information content (AvgIpc) is 4.01. The molecule has 0 aromatic heterocycles. The molecule has 0 saturated carbocycles. The van der Waals surface area contributed by atoms with Crippen LogP contribution in [0.15, 0.2) is 231 Å². The van der Waals surface area contributed by atoms with Crippen molar-refractivity contribution >= 4 is 65.9 Å². The van der Waals surface area contributed by atoms with E-state index in [-0.39, 0.29) is 12.3 Å². The van der Waals surface area contributed by atoms with Gasteiger partial charge in [-0.05, 0) is 136 Å². The zero-order valence-electron chi connectivity index (χ0n) is 35.0. The molecule has 2 N–H and O–H groups in total. The van der Waals surface area contributed by atoms with E-state index >= 15 is 0 Å². The van der Waals surface area contributed by atoms with Gasteiger partial charge in [0.1, 0.15) is 12.3 Å². The average molecular weight is 819 g/mol. The molecule has 0 saturated heterocycles. The molecule has 0 spiro atoms. The maximum absolute atomic E-state index is 3.76. The van der Waals surface area contributed by atoms with E-state index in [4.69, 9.17) is 0 Å². The minimum absolute atomic E-state index is 0.0888. The van der Waals surface area contributed by atoms with Crippen molar-refractivity contribution in [3.63, 3.8) is 0 Å². The lowest BCUT2D eigenvalue weighted by molar-refractivity contribution is 0.448. The molecule has 302 valence electrons. The van der Waals surface area contributed by atoms with Gasteiger partial charge in [0.15, 0.2) is 0 Å². The van der Waals surface area contributed by atoms with Gasteiger partial charge in [-0.15, -0.1) is 0 Å². The van der Waals surface area contributed by atoms with Crippen LogP contribution >= 0.6 is 0 Å². The molecule has 0 fully saturated rings. The Kier molecular flexibility index (Phi) is 8.31. The van der Waals surface area contributed by atoms with Crippen LogP contribution in [-0.2, 0) is 0 Å². The topological polar surface area (TPSA) is 30.5 Å². The molecule has 64 heavy (non-hydrogen) atoms. The fourth-order valence-electron chi connectivity index (χ4n) is 10.3. The maximum atomic E-state index is 3.76. The van der Waals surface area contributed by atoms with Crippen LogP contribution in [0.2, 0.25) is 0 Å². The van der Waals surface area contributed by atoms with E-state index in [0.29, 0.717) is 0 Å². The Hall–Kier alpha value is -8.34. The zero-order chi connectivity index (χ0) is 42.1. The van der Waals surface area contributed by atoms with Gasteiger partial charge in [-0.2, -0.15) is 0 Å². The zero-order valence-corrected chi connectivity index (χ0v) is 35.0. The lowest BCUT2D eigenvalue weighted by Crippen LogP contribution is -2.34. The highest BCUT2D eigenvalue weighted by atomic mass is 15.3. The maximum Gasteiger partial charge on any atom is 0.123 e. The molecule has 0 amide bonds. The highest BCUT2D eigenvalue weighted by Crippen LogP contribution is 2.45. The first-order chi connectivity index (χ1) is 31.7. The molecule has 0 radical (unpaired) electrons. The third-order valence-electron chi connectivity index (χ3n) is 13.3. The second-order valence-corrected chi connectivity index (χ2v) is 17.1. The van der Waals surface area contributed by atoms with Crippen LogP contribution in [0.4, 0.5) is 0 Å². The molecule has 4 aliphatic heterocycles. The number of nitrogens with one attached hydrogen (secondary N) is 2. The molecule has 0 bridgehead atoms. The van der Waals surface area contributed by atoms with E-state index in [0.717, 1.165) is 11.4 Å². The number of hydrogen-bond donors (Lipinski definition) is 2. The second kappa shape index (κ2) is 14.6. The molecule has 4 heterocycles. The SMILES string of the molecule is C1=CC2NC(c3ccc4cc(-c5c6ccccc6c(-c6ccc7cc(C8=CN9C(c%10ccccc%10)=CC=CC9N8)ccc7c6)c6ccccc56)ccc4c3)=CN2C(c2ccccc2)=C1. The fraction of sp³-hybridized carbons (Fsp3) is 0.0333. The number of fused-ring (bicyclic) bond motifs is 6. The summed E-state index contributed by atoms with van der Waals surface area (Å²) in [5.74, 6) is 0. The van der Waals surface area contributed by atoms with Crippen molar-refractivity contribution in [2.24, 2.45) is 0 Å². The Bertz CT molecular complexity index is 3280. The van der Waals surface area contributed by atoms with Crippen LogP contribution in [-0.4, -0.2) is 22.1 Å². The molecule has 9 aromatic rings. The summed E-state index contributed by atoms with van der Waals surface area (Å²) >= 11 is 0. The summed E-state index contributed by atoms with van der Waals surface area (Å²) in [5, 5.41) is 17.4. The molecule has 2 atom stereocenters. The fourth-order valence-corrected chi connectivity index (χ4v) is 10.3. The number of nitrogens with zero attached hydrogens (tertiary/aromatic N) is 2. The summed E-state index contributed by atoms with van der Waals surface area (Å²) in [4.78, 5) is 4.66. The minimum Gasteiger partial charge on any atom is -0.360 e. The van der Waals surface area contributed by atoms with Crippen LogP contribution in [0.25, 0.3) is 88.1 Å². The molecular weight excluding hydrogens is 777 g/mol. The lowest BCUT2D eigenvalue weighted by atomic mass is 9.85. The Morgan fingerprint density at radius 3 is 1.06 bits per heavy atom. The van der Waals surface area contributed by atoms with Gasteiger partial charge in [0.25, 0.3) is 0 Å². The third-order valence-corrected chi connectivity index (χ3v) is 13.3. The summed E-state index contributed by atoms with van der Waals surface area (Å²) in [5.41, 5.74) is 14.4. The summed E-state index contributed by atoms with van der Waals surface area (Å²) in [6.45, 7) is 0. The highest BCUT2D eigenvalue weighted by Gasteiger charge is 2.29. The Morgan fingerprint density at radius 1 is 0.328 bits per heavy atom. The summed E-state index contributed by atoms with van der Waals surface area (Å²) in [7, 11) is 0. The van der Waals surface area contributed by atoms with Gasteiger partial charge >= 0.3 is 0 Å². The van der Waals surface area contributed by atoms with Crippen LogP contribution in [0, 0.1) is 0 Å². The van der Waals surface area contributed by atoms with Crippen LogP contribution < -0.4 is 10.6 Å². The van der Waals surface area contributed by atoms with Crippen LogP contribution in [0.3, 0.4) is 0 Å². The summed E-state index contributed by atoms with van der Waals surface area (Å²) in [6, 6.07) is 66.7. The van der Waals surface area contributed by atoms with Crippen molar-refractivity contribution in [1.82, 2.24) is 20.4 Å². The van der Waals surface area contributed by atoms with Crippen molar-refractivity contribution in [2.45, 2.75) is 12.3 Å². The normalized spacial score (nSPS) is 17.5. The molecule has 4 aliphatic rings. The molecule has 4 heteroatoms. The third kappa shape index (κ3) is 5.99. The lowest BCUT2D eigenvalue weighted by Gasteiger charge is -2.28. The van der Waals surface area contributed by atoms with Crippen molar-refractivity contribution in [3.05, 3.63) is 253 Å². The largest absolute Gasteiger partial charge is 0.360 e. The quantitative estimate of drug-likeness (QED) is 0.164.